The highest BCUT2D eigenvalue weighted by Gasteiger charge is 2.18. The lowest BCUT2D eigenvalue weighted by atomic mass is 10.0. The number of carbonyl (C=O) groups excluding carboxylic acids is 2. The van der Waals surface area contributed by atoms with Gasteiger partial charge in [-0.2, -0.15) is 0 Å². The number of imidazole rings is 1. The molecule has 0 unspecified atom stereocenters. The van der Waals surface area contributed by atoms with Gasteiger partial charge in [-0.05, 0) is 35.4 Å². The van der Waals surface area contributed by atoms with E-state index in [2.05, 4.69) is 16.9 Å². The number of aromatic nitrogens is 2. The highest BCUT2D eigenvalue weighted by molar-refractivity contribution is 6.07. The van der Waals surface area contributed by atoms with Gasteiger partial charge in [0, 0.05) is 12.6 Å². The Kier molecular flexibility index (Phi) is 3.57. The molecular weight excluding hydrogens is 318 g/mol. The second-order valence-corrected chi connectivity index (χ2v) is 5.85. The maximum atomic E-state index is 12.7. The molecule has 2 aromatic heterocycles. The summed E-state index contributed by atoms with van der Waals surface area (Å²) in [6.45, 7) is 3.95. The van der Waals surface area contributed by atoms with Gasteiger partial charge in [0.05, 0.1) is 11.9 Å². The summed E-state index contributed by atoms with van der Waals surface area (Å²) < 4.78 is 7.08. The highest BCUT2D eigenvalue weighted by Crippen LogP contribution is 2.29. The molecule has 1 amide bonds. The van der Waals surface area contributed by atoms with Crippen molar-refractivity contribution in [1.29, 1.82) is 0 Å². The number of Topliss-reactive ketones (excluding diaryl/α,β-unsaturated/α-hetero) is 1. The van der Waals surface area contributed by atoms with E-state index in [-0.39, 0.29) is 18.3 Å². The molecular formula is C19H15N3O3. The minimum Gasteiger partial charge on any atom is -0.482 e. The number of hydrogen-bond donors (Lipinski definition) is 1. The predicted molar refractivity (Wildman–Crippen MR) is 92.9 cm³/mol. The third-order valence-corrected chi connectivity index (χ3v) is 4.07. The standard InChI is InChI=1S/C19H15N3O3/c1-12(19(24)15-10-20-17-4-2-3-7-22(15)17)8-13-5-6-16-14(9-13)21-18(23)11-25-16/h2-7,9-10H,1,8,11H2,(H,21,23). The molecule has 4 rings (SSSR count). The number of carbonyl (C=O) groups is 2. The lowest BCUT2D eigenvalue weighted by molar-refractivity contribution is -0.118. The summed E-state index contributed by atoms with van der Waals surface area (Å²) in [6, 6.07) is 11.0. The Morgan fingerprint density at radius 1 is 1.32 bits per heavy atom. The summed E-state index contributed by atoms with van der Waals surface area (Å²) in [7, 11) is 0. The molecule has 6 heteroatoms. The molecule has 0 spiro atoms. The summed E-state index contributed by atoms with van der Waals surface area (Å²) >= 11 is 0. The van der Waals surface area contributed by atoms with Gasteiger partial charge in [0.2, 0.25) is 5.78 Å². The molecule has 1 aromatic carbocycles. The Morgan fingerprint density at radius 2 is 2.20 bits per heavy atom. The number of nitrogens with one attached hydrogen (secondary N) is 1. The fourth-order valence-corrected chi connectivity index (χ4v) is 2.85. The Labute approximate surface area is 143 Å². The van der Waals surface area contributed by atoms with Crippen LogP contribution in [0.2, 0.25) is 0 Å². The van der Waals surface area contributed by atoms with Crippen molar-refractivity contribution in [3.8, 4) is 5.75 Å². The number of ketones is 1. The van der Waals surface area contributed by atoms with Crippen molar-refractivity contribution in [3.63, 3.8) is 0 Å². The van der Waals surface area contributed by atoms with E-state index in [0.29, 0.717) is 34.8 Å². The maximum Gasteiger partial charge on any atom is 0.262 e. The Hall–Kier alpha value is -3.41. The van der Waals surface area contributed by atoms with Crippen LogP contribution >= 0.6 is 0 Å². The lowest BCUT2D eigenvalue weighted by Crippen LogP contribution is -2.25. The van der Waals surface area contributed by atoms with E-state index < -0.39 is 0 Å². The summed E-state index contributed by atoms with van der Waals surface area (Å²) in [6.07, 6.45) is 3.74. The average molecular weight is 333 g/mol. The first-order chi connectivity index (χ1) is 12.1. The van der Waals surface area contributed by atoms with Crippen molar-refractivity contribution in [3.05, 3.63) is 72.2 Å². The number of rotatable bonds is 4. The molecule has 124 valence electrons. The summed E-state index contributed by atoms with van der Waals surface area (Å²) in [5.41, 5.74) is 3.14. The van der Waals surface area contributed by atoms with E-state index in [1.165, 1.54) is 0 Å². The molecule has 0 atom stereocenters. The fraction of sp³-hybridized carbons (Fsp3) is 0.105. The number of hydrogen-bond acceptors (Lipinski definition) is 4. The van der Waals surface area contributed by atoms with Crippen LogP contribution in [0.1, 0.15) is 16.1 Å². The van der Waals surface area contributed by atoms with Crippen LogP contribution in [0.5, 0.6) is 5.75 Å². The smallest absolute Gasteiger partial charge is 0.262 e. The second kappa shape index (κ2) is 5.90. The Bertz CT molecular complexity index is 1020. The van der Waals surface area contributed by atoms with E-state index in [0.717, 1.165) is 5.56 Å². The number of fused-ring (bicyclic) bond motifs is 2. The molecule has 3 heterocycles. The Morgan fingerprint density at radius 3 is 3.08 bits per heavy atom. The van der Waals surface area contributed by atoms with Crippen molar-refractivity contribution in [2.45, 2.75) is 6.42 Å². The molecule has 0 aliphatic carbocycles. The van der Waals surface area contributed by atoms with Crippen LogP contribution in [0.25, 0.3) is 5.65 Å². The van der Waals surface area contributed by atoms with Gasteiger partial charge in [0.25, 0.3) is 5.91 Å². The molecule has 0 fully saturated rings. The van der Waals surface area contributed by atoms with Crippen molar-refractivity contribution in [2.75, 3.05) is 11.9 Å². The van der Waals surface area contributed by atoms with E-state index in [1.807, 2.05) is 24.3 Å². The zero-order valence-corrected chi connectivity index (χ0v) is 13.4. The van der Waals surface area contributed by atoms with Crippen LogP contribution in [0, 0.1) is 0 Å². The maximum absolute atomic E-state index is 12.7. The number of benzene rings is 1. The van der Waals surface area contributed by atoms with Gasteiger partial charge in [0.15, 0.2) is 6.61 Å². The molecule has 0 saturated carbocycles. The van der Waals surface area contributed by atoms with Crippen LogP contribution in [-0.4, -0.2) is 27.7 Å². The fourth-order valence-electron chi connectivity index (χ4n) is 2.85. The van der Waals surface area contributed by atoms with Crippen molar-refractivity contribution in [1.82, 2.24) is 9.38 Å². The number of nitrogens with zero attached hydrogens (tertiary/aromatic N) is 2. The minimum absolute atomic E-state index is 0.0197. The molecule has 6 nitrogen and oxygen atoms in total. The Balaban J connectivity index is 1.57. The van der Waals surface area contributed by atoms with Gasteiger partial charge in [-0.15, -0.1) is 0 Å². The molecule has 1 aliphatic rings. The molecule has 0 saturated heterocycles. The van der Waals surface area contributed by atoms with E-state index in [1.54, 1.807) is 28.9 Å². The first kappa shape index (κ1) is 15.1. The van der Waals surface area contributed by atoms with Crippen LogP contribution in [-0.2, 0) is 11.2 Å². The predicted octanol–water partition coefficient (Wildman–Crippen LogP) is 2.65. The zero-order valence-electron chi connectivity index (χ0n) is 13.4. The normalized spacial score (nSPS) is 13.0. The van der Waals surface area contributed by atoms with Gasteiger partial charge in [0.1, 0.15) is 17.1 Å². The first-order valence-electron chi connectivity index (χ1n) is 7.82. The molecule has 25 heavy (non-hydrogen) atoms. The summed E-state index contributed by atoms with van der Waals surface area (Å²) in [4.78, 5) is 28.4. The molecule has 0 radical (unpaired) electrons. The monoisotopic (exact) mass is 333 g/mol. The molecule has 1 N–H and O–H groups in total. The topological polar surface area (TPSA) is 72.7 Å². The summed E-state index contributed by atoms with van der Waals surface area (Å²) in [5.74, 6) is 0.282. The number of amides is 1. The van der Waals surface area contributed by atoms with Crippen molar-refractivity contribution < 1.29 is 14.3 Å². The highest BCUT2D eigenvalue weighted by atomic mass is 16.5. The van der Waals surface area contributed by atoms with Gasteiger partial charge >= 0.3 is 0 Å². The SMILES string of the molecule is C=C(Cc1ccc2c(c1)NC(=O)CO2)C(=O)c1cnc2ccccn12. The van der Waals surface area contributed by atoms with Gasteiger partial charge in [-0.25, -0.2) is 4.98 Å². The third-order valence-electron chi connectivity index (χ3n) is 4.07. The second-order valence-electron chi connectivity index (χ2n) is 5.85. The molecule has 1 aliphatic heterocycles. The van der Waals surface area contributed by atoms with Crippen molar-refractivity contribution in [2.24, 2.45) is 0 Å². The number of pyridine rings is 1. The van der Waals surface area contributed by atoms with Gasteiger partial charge in [-0.1, -0.05) is 18.7 Å². The minimum atomic E-state index is -0.190. The lowest BCUT2D eigenvalue weighted by Gasteiger charge is -2.18. The molecule has 0 bridgehead atoms. The van der Waals surface area contributed by atoms with Crippen molar-refractivity contribution >= 4 is 23.0 Å². The zero-order chi connectivity index (χ0) is 17.4. The van der Waals surface area contributed by atoms with Crippen LogP contribution < -0.4 is 10.1 Å². The summed E-state index contributed by atoms with van der Waals surface area (Å²) in [5, 5.41) is 2.76. The quantitative estimate of drug-likeness (QED) is 0.588. The largest absolute Gasteiger partial charge is 0.482 e. The van der Waals surface area contributed by atoms with Crippen LogP contribution in [0.3, 0.4) is 0 Å². The third kappa shape index (κ3) is 2.78. The van der Waals surface area contributed by atoms with E-state index in [9.17, 15) is 9.59 Å². The van der Waals surface area contributed by atoms with Gasteiger partial charge in [-0.3, -0.25) is 14.0 Å². The van der Waals surface area contributed by atoms with Gasteiger partial charge < -0.3 is 10.1 Å². The molecule has 3 aromatic rings. The first-order valence-corrected chi connectivity index (χ1v) is 7.82. The van der Waals surface area contributed by atoms with E-state index >= 15 is 0 Å². The van der Waals surface area contributed by atoms with Crippen LogP contribution in [0.15, 0.2) is 60.9 Å². The van der Waals surface area contributed by atoms with Crippen LogP contribution in [0.4, 0.5) is 5.69 Å². The number of anilines is 1. The average Bonchev–Trinajstić information content (AvgIpc) is 3.04. The van der Waals surface area contributed by atoms with E-state index in [4.69, 9.17) is 4.74 Å². The number of ether oxygens (including phenoxy) is 1. The number of allylic oxidation sites excluding steroid dienone is 1.